The largest absolute Gasteiger partial charge is 0.436 e. The summed E-state index contributed by atoms with van der Waals surface area (Å²) in [4.78, 5) is 7.26. The molecule has 1 aromatic heterocycles. The van der Waals surface area contributed by atoms with Crippen LogP contribution in [0.3, 0.4) is 0 Å². The predicted molar refractivity (Wildman–Crippen MR) is 225 cm³/mol. The summed E-state index contributed by atoms with van der Waals surface area (Å²) in [6.45, 7) is 2.16. The van der Waals surface area contributed by atoms with Crippen molar-refractivity contribution in [3.63, 3.8) is 0 Å². The Morgan fingerprint density at radius 3 is 1.39 bits per heavy atom. The van der Waals surface area contributed by atoms with Gasteiger partial charge < -0.3 is 9.32 Å². The summed E-state index contributed by atoms with van der Waals surface area (Å²) < 4.78 is 6.43. The van der Waals surface area contributed by atoms with Crippen molar-refractivity contribution in [3.8, 4) is 56.0 Å². The zero-order chi connectivity index (χ0) is 36.3. The lowest BCUT2D eigenvalue weighted by molar-refractivity contribution is 0.616. The first-order valence-electron chi connectivity index (χ1n) is 18.5. The SMILES string of the molecule is CCc1cc(-c2ccccc2)cc2nc(-c3ccc(-c4ccccc4-c4ccccc4-c4ccc(N(c5ccccc5)c5ccccc5)cc4)cc3)oc12. The van der Waals surface area contributed by atoms with Crippen LogP contribution in [0.1, 0.15) is 12.5 Å². The highest BCUT2D eigenvalue weighted by Crippen LogP contribution is 2.41. The van der Waals surface area contributed by atoms with Crippen molar-refractivity contribution < 1.29 is 4.42 Å². The number of hydrogen-bond acceptors (Lipinski definition) is 3. The number of rotatable bonds is 9. The van der Waals surface area contributed by atoms with Gasteiger partial charge in [0.25, 0.3) is 0 Å². The molecule has 0 N–H and O–H groups in total. The van der Waals surface area contributed by atoms with Crippen LogP contribution < -0.4 is 4.90 Å². The molecule has 0 aliphatic rings. The molecule has 0 amide bonds. The van der Waals surface area contributed by atoms with Crippen molar-refractivity contribution in [2.75, 3.05) is 4.90 Å². The van der Waals surface area contributed by atoms with Gasteiger partial charge in [-0.3, -0.25) is 0 Å². The Labute approximate surface area is 316 Å². The van der Waals surface area contributed by atoms with Crippen molar-refractivity contribution in [1.29, 1.82) is 0 Å². The summed E-state index contributed by atoms with van der Waals surface area (Å²) in [5.74, 6) is 0.636. The quantitative estimate of drug-likeness (QED) is 0.151. The number of aromatic nitrogens is 1. The van der Waals surface area contributed by atoms with Crippen LogP contribution in [0.25, 0.3) is 67.1 Å². The summed E-state index contributed by atoms with van der Waals surface area (Å²) in [6.07, 6.45) is 0.868. The van der Waals surface area contributed by atoms with Crippen molar-refractivity contribution in [1.82, 2.24) is 4.98 Å². The summed E-state index contributed by atoms with van der Waals surface area (Å²) >= 11 is 0. The van der Waals surface area contributed by atoms with E-state index in [0.29, 0.717) is 5.89 Å². The number of benzene rings is 8. The van der Waals surface area contributed by atoms with Gasteiger partial charge >= 0.3 is 0 Å². The molecule has 0 bridgehead atoms. The maximum atomic E-state index is 6.43. The fourth-order valence-electron chi connectivity index (χ4n) is 7.41. The Kier molecular flexibility index (Phi) is 8.88. The van der Waals surface area contributed by atoms with E-state index in [9.17, 15) is 0 Å². The van der Waals surface area contributed by atoms with Gasteiger partial charge in [-0.2, -0.15) is 0 Å². The lowest BCUT2D eigenvalue weighted by atomic mass is 9.89. The van der Waals surface area contributed by atoms with Gasteiger partial charge in [-0.05, 0) is 117 Å². The number of aryl methyl sites for hydroxylation is 1. The number of nitrogens with zero attached hydrogens (tertiary/aromatic N) is 2. The number of hydrogen-bond donors (Lipinski definition) is 0. The molecule has 0 saturated heterocycles. The third-order valence-corrected chi connectivity index (χ3v) is 10.1. The third-order valence-electron chi connectivity index (χ3n) is 10.1. The van der Waals surface area contributed by atoms with Gasteiger partial charge in [-0.1, -0.05) is 146 Å². The maximum Gasteiger partial charge on any atom is 0.227 e. The van der Waals surface area contributed by atoms with Gasteiger partial charge in [-0.15, -0.1) is 0 Å². The van der Waals surface area contributed by atoms with E-state index in [1.165, 1.54) is 33.4 Å². The second-order valence-electron chi connectivity index (χ2n) is 13.4. The van der Waals surface area contributed by atoms with Crippen molar-refractivity contribution in [3.05, 3.63) is 206 Å². The molecular formula is C51H38N2O. The van der Waals surface area contributed by atoms with Crippen molar-refractivity contribution >= 4 is 28.2 Å². The molecule has 0 unspecified atom stereocenters. The average Bonchev–Trinajstić information content (AvgIpc) is 3.70. The minimum absolute atomic E-state index is 0.636. The van der Waals surface area contributed by atoms with E-state index >= 15 is 0 Å². The minimum Gasteiger partial charge on any atom is -0.436 e. The minimum atomic E-state index is 0.636. The lowest BCUT2D eigenvalue weighted by Gasteiger charge is -2.25. The second kappa shape index (κ2) is 14.6. The van der Waals surface area contributed by atoms with Gasteiger partial charge in [0.05, 0.1) is 0 Å². The Bertz CT molecular complexity index is 2620. The van der Waals surface area contributed by atoms with Crippen molar-refractivity contribution in [2.45, 2.75) is 13.3 Å². The molecule has 3 nitrogen and oxygen atoms in total. The molecule has 0 aliphatic heterocycles. The molecular weight excluding hydrogens is 657 g/mol. The monoisotopic (exact) mass is 694 g/mol. The normalized spacial score (nSPS) is 11.1. The molecule has 258 valence electrons. The number of para-hydroxylation sites is 2. The molecule has 0 spiro atoms. The lowest BCUT2D eigenvalue weighted by Crippen LogP contribution is -2.09. The summed E-state index contributed by atoms with van der Waals surface area (Å²) in [7, 11) is 0. The summed E-state index contributed by atoms with van der Waals surface area (Å²) in [6, 6.07) is 70.7. The van der Waals surface area contributed by atoms with Gasteiger partial charge in [0, 0.05) is 22.6 Å². The van der Waals surface area contributed by atoms with Crippen LogP contribution in [0.15, 0.2) is 205 Å². The van der Waals surface area contributed by atoms with E-state index in [1.807, 2.05) is 6.07 Å². The molecule has 0 atom stereocenters. The van der Waals surface area contributed by atoms with Gasteiger partial charge in [0.1, 0.15) is 5.52 Å². The van der Waals surface area contributed by atoms with E-state index in [4.69, 9.17) is 9.40 Å². The van der Waals surface area contributed by atoms with E-state index in [2.05, 4.69) is 206 Å². The van der Waals surface area contributed by atoms with E-state index in [0.717, 1.165) is 56.8 Å². The highest BCUT2D eigenvalue weighted by molar-refractivity contribution is 5.92. The van der Waals surface area contributed by atoms with Crippen LogP contribution in [-0.4, -0.2) is 4.98 Å². The molecule has 8 aromatic carbocycles. The highest BCUT2D eigenvalue weighted by Gasteiger charge is 2.17. The molecule has 9 rings (SSSR count). The topological polar surface area (TPSA) is 29.3 Å². The van der Waals surface area contributed by atoms with Crippen LogP contribution in [-0.2, 0) is 6.42 Å². The number of oxazole rings is 1. The zero-order valence-corrected chi connectivity index (χ0v) is 30.1. The Hall–Kier alpha value is -6.97. The predicted octanol–water partition coefficient (Wildman–Crippen LogP) is 14.2. The molecule has 1 heterocycles. The van der Waals surface area contributed by atoms with E-state index in [1.54, 1.807) is 0 Å². The fraction of sp³-hybridized carbons (Fsp3) is 0.0392. The first kappa shape index (κ1) is 32.9. The summed E-state index contributed by atoms with van der Waals surface area (Å²) in [5.41, 5.74) is 16.6. The second-order valence-corrected chi connectivity index (χ2v) is 13.4. The van der Waals surface area contributed by atoms with Crippen LogP contribution in [0.5, 0.6) is 0 Å². The third kappa shape index (κ3) is 6.37. The molecule has 0 radical (unpaired) electrons. The molecule has 0 saturated carbocycles. The van der Waals surface area contributed by atoms with Crippen LogP contribution >= 0.6 is 0 Å². The van der Waals surface area contributed by atoms with Gasteiger partial charge in [0.2, 0.25) is 5.89 Å². The molecule has 3 heteroatoms. The summed E-state index contributed by atoms with van der Waals surface area (Å²) in [5, 5.41) is 0. The smallest absolute Gasteiger partial charge is 0.227 e. The van der Waals surface area contributed by atoms with Crippen LogP contribution in [0.4, 0.5) is 17.1 Å². The van der Waals surface area contributed by atoms with Gasteiger partial charge in [-0.25, -0.2) is 4.98 Å². The molecule has 54 heavy (non-hydrogen) atoms. The Balaban J connectivity index is 1.04. The standard InChI is InChI=1S/C51H38N2O/c1-2-36-34-41(37-16-6-3-7-17-37)35-49-50(36)54-51(52-49)40-28-26-38(27-29-40)45-22-12-14-24-47(45)48-25-15-13-23-46(48)39-30-32-44(33-31-39)53(42-18-8-4-9-19-42)43-20-10-5-11-21-43/h3-35H,2H2,1H3. The van der Waals surface area contributed by atoms with Gasteiger partial charge in [0.15, 0.2) is 5.58 Å². The highest BCUT2D eigenvalue weighted by atomic mass is 16.3. The Morgan fingerprint density at radius 2 is 0.852 bits per heavy atom. The molecule has 9 aromatic rings. The van der Waals surface area contributed by atoms with Crippen LogP contribution in [0, 0.1) is 0 Å². The number of anilines is 3. The maximum absolute atomic E-state index is 6.43. The zero-order valence-electron chi connectivity index (χ0n) is 30.1. The Morgan fingerprint density at radius 1 is 0.407 bits per heavy atom. The fourth-order valence-corrected chi connectivity index (χ4v) is 7.41. The van der Waals surface area contributed by atoms with Crippen molar-refractivity contribution in [2.24, 2.45) is 0 Å². The molecule has 0 fully saturated rings. The molecule has 0 aliphatic carbocycles. The van der Waals surface area contributed by atoms with E-state index < -0.39 is 0 Å². The first-order chi connectivity index (χ1) is 26.7. The average molecular weight is 695 g/mol. The van der Waals surface area contributed by atoms with Crippen LogP contribution in [0.2, 0.25) is 0 Å². The van der Waals surface area contributed by atoms with E-state index in [-0.39, 0.29) is 0 Å². The first-order valence-corrected chi connectivity index (χ1v) is 18.5. The number of fused-ring (bicyclic) bond motifs is 1.